The third-order valence-corrected chi connectivity index (χ3v) is 12.4. The number of aryl methyl sites for hydroxylation is 2. The average Bonchev–Trinajstić information content (AvgIpc) is 3.19. The van der Waals surface area contributed by atoms with Gasteiger partial charge in [-0.15, -0.1) is 0 Å². The Morgan fingerprint density at radius 1 is 0.389 bits per heavy atom. The zero-order valence-corrected chi connectivity index (χ0v) is 32.0. The maximum Gasteiger partial charge on any atom is 0.241 e. The molecule has 278 valence electrons. The van der Waals surface area contributed by atoms with Gasteiger partial charge >= 0.3 is 0 Å². The van der Waals surface area contributed by atoms with Crippen LogP contribution in [0, 0.1) is 13.8 Å². The molecule has 0 aliphatic carbocycles. The van der Waals surface area contributed by atoms with Gasteiger partial charge in [0, 0.05) is 13.1 Å². The van der Waals surface area contributed by atoms with Crippen LogP contribution in [0.25, 0.3) is 0 Å². The summed E-state index contributed by atoms with van der Waals surface area (Å²) in [4.78, 5) is 0.384. The Bertz CT molecular complexity index is 2110. The summed E-state index contributed by atoms with van der Waals surface area (Å²) in [5.74, 6) is 0. The van der Waals surface area contributed by atoms with Crippen LogP contribution in [0.15, 0.2) is 180 Å². The molecule has 4 atom stereocenters. The highest BCUT2D eigenvalue weighted by Crippen LogP contribution is 2.31. The van der Waals surface area contributed by atoms with Crippen LogP contribution < -0.4 is 20.1 Å². The van der Waals surface area contributed by atoms with E-state index in [-0.39, 0.29) is 35.0 Å². The van der Waals surface area contributed by atoms with Gasteiger partial charge in [-0.1, -0.05) is 157 Å². The van der Waals surface area contributed by atoms with E-state index in [2.05, 4.69) is 20.1 Å². The van der Waals surface area contributed by atoms with Gasteiger partial charge in [-0.3, -0.25) is 0 Å². The molecule has 0 fully saturated rings. The Kier molecular flexibility index (Phi) is 12.9. The predicted molar refractivity (Wildman–Crippen MR) is 216 cm³/mol. The number of rotatable bonds is 17. The van der Waals surface area contributed by atoms with E-state index in [1.165, 1.54) is 0 Å². The van der Waals surface area contributed by atoms with Crippen molar-refractivity contribution >= 4 is 20.0 Å². The van der Waals surface area contributed by atoms with Crippen molar-refractivity contribution in [2.45, 2.75) is 47.8 Å². The molecule has 6 aromatic carbocycles. The molecule has 0 spiro atoms. The fourth-order valence-corrected chi connectivity index (χ4v) is 8.89. The number of hydrogen-bond acceptors (Lipinski definition) is 6. The van der Waals surface area contributed by atoms with E-state index in [1.807, 2.05) is 135 Å². The normalized spacial score (nSPS) is 14.2. The Labute approximate surface area is 319 Å². The van der Waals surface area contributed by atoms with Gasteiger partial charge < -0.3 is 10.6 Å². The summed E-state index contributed by atoms with van der Waals surface area (Å²) in [6, 6.07) is 50.7. The molecule has 8 nitrogen and oxygen atoms in total. The van der Waals surface area contributed by atoms with Gasteiger partial charge in [0.15, 0.2) is 0 Å². The monoisotopic (exact) mass is 758 g/mol. The highest BCUT2D eigenvalue weighted by atomic mass is 32.2. The van der Waals surface area contributed by atoms with E-state index in [0.29, 0.717) is 0 Å². The van der Waals surface area contributed by atoms with Gasteiger partial charge in [0.05, 0.1) is 34.0 Å². The lowest BCUT2D eigenvalue weighted by molar-refractivity contribution is 0.359. The summed E-state index contributed by atoms with van der Waals surface area (Å²) in [5.41, 5.74) is 5.51. The summed E-state index contributed by atoms with van der Waals surface area (Å²) < 4.78 is 60.9. The van der Waals surface area contributed by atoms with Crippen molar-refractivity contribution in [3.8, 4) is 0 Å². The fourth-order valence-electron chi connectivity index (χ4n) is 6.44. The number of nitrogens with one attached hydrogen (secondary N) is 4. The Morgan fingerprint density at radius 3 is 0.963 bits per heavy atom. The van der Waals surface area contributed by atoms with E-state index in [0.717, 1.165) is 33.4 Å². The minimum absolute atomic E-state index is 0.192. The van der Waals surface area contributed by atoms with E-state index < -0.39 is 32.1 Å². The fraction of sp³-hybridized carbons (Fsp3) is 0.182. The van der Waals surface area contributed by atoms with Crippen molar-refractivity contribution in [2.24, 2.45) is 0 Å². The second-order valence-corrected chi connectivity index (χ2v) is 16.8. The second-order valence-electron chi connectivity index (χ2n) is 13.4. The molecule has 6 aromatic rings. The largest absolute Gasteiger partial charge is 0.306 e. The highest BCUT2D eigenvalue weighted by molar-refractivity contribution is 7.89. The summed E-state index contributed by atoms with van der Waals surface area (Å²) in [6.07, 6.45) is 0. The summed E-state index contributed by atoms with van der Waals surface area (Å²) in [5, 5.41) is 7.46. The molecule has 10 heteroatoms. The number of sulfonamides is 2. The van der Waals surface area contributed by atoms with Gasteiger partial charge in [-0.05, 0) is 60.4 Å². The maximum atomic E-state index is 13.7. The molecule has 0 amide bonds. The molecule has 0 aliphatic rings. The van der Waals surface area contributed by atoms with Crippen molar-refractivity contribution in [3.05, 3.63) is 203 Å². The Morgan fingerprint density at radius 2 is 0.667 bits per heavy atom. The van der Waals surface area contributed by atoms with Gasteiger partial charge in [0.2, 0.25) is 20.0 Å². The summed E-state index contributed by atoms with van der Waals surface area (Å²) >= 11 is 0. The van der Waals surface area contributed by atoms with E-state index in [1.54, 1.807) is 48.5 Å². The SMILES string of the molecule is Cc1ccc(S(=O)(=O)N[C@@H](CN[C@@H](c2ccccc2)[C@@H](NC[C@H](NS(=O)(=O)c2ccc(C)cc2)c2ccccc2)c2ccccc2)c2ccccc2)cc1. The first-order valence-electron chi connectivity index (χ1n) is 17.9. The molecule has 54 heavy (non-hydrogen) atoms. The first-order valence-corrected chi connectivity index (χ1v) is 20.9. The van der Waals surface area contributed by atoms with Crippen LogP contribution in [0.2, 0.25) is 0 Å². The first kappa shape index (κ1) is 38.8. The van der Waals surface area contributed by atoms with Crippen LogP contribution in [0.1, 0.15) is 57.5 Å². The second kappa shape index (κ2) is 17.9. The quantitative estimate of drug-likeness (QED) is 0.0758. The summed E-state index contributed by atoms with van der Waals surface area (Å²) in [7, 11) is -7.75. The van der Waals surface area contributed by atoms with Crippen LogP contribution in [-0.2, 0) is 20.0 Å². The van der Waals surface area contributed by atoms with Crippen LogP contribution in [0.3, 0.4) is 0 Å². The Hall–Kier alpha value is -4.94. The molecule has 0 aromatic heterocycles. The van der Waals surface area contributed by atoms with Gasteiger partial charge in [0.25, 0.3) is 0 Å². The maximum absolute atomic E-state index is 13.7. The molecule has 0 saturated carbocycles. The molecular weight excluding hydrogens is 713 g/mol. The first-order chi connectivity index (χ1) is 26.1. The van der Waals surface area contributed by atoms with E-state index >= 15 is 0 Å². The van der Waals surface area contributed by atoms with Crippen molar-refractivity contribution in [2.75, 3.05) is 13.1 Å². The standard InChI is InChI=1S/C44H46N4O4S2/c1-33-23-27-39(28-24-33)53(49,50)47-41(35-15-7-3-8-16-35)31-45-43(37-19-11-5-12-20-37)44(38-21-13-6-14-22-38)46-32-42(36-17-9-4-10-18-36)48-54(51,52)40-29-25-34(2)26-30-40/h3-30,41-48H,31-32H2,1-2H3/t41-,42-,43-,44-/m0/s1. The van der Waals surface area contributed by atoms with Gasteiger partial charge in [0.1, 0.15) is 0 Å². The smallest absolute Gasteiger partial charge is 0.241 e. The predicted octanol–water partition coefficient (Wildman–Crippen LogP) is 7.70. The molecule has 0 radical (unpaired) electrons. The molecule has 4 N–H and O–H groups in total. The van der Waals surface area contributed by atoms with E-state index in [4.69, 9.17) is 0 Å². The van der Waals surface area contributed by atoms with Crippen LogP contribution in [0.4, 0.5) is 0 Å². The van der Waals surface area contributed by atoms with Gasteiger partial charge in [-0.25, -0.2) is 26.3 Å². The molecule has 0 saturated heterocycles. The topological polar surface area (TPSA) is 116 Å². The zero-order chi connectivity index (χ0) is 38.0. The van der Waals surface area contributed by atoms with Crippen LogP contribution in [0.5, 0.6) is 0 Å². The number of benzene rings is 6. The minimum Gasteiger partial charge on any atom is -0.306 e. The average molecular weight is 759 g/mol. The van der Waals surface area contributed by atoms with Crippen molar-refractivity contribution < 1.29 is 16.8 Å². The van der Waals surface area contributed by atoms with Crippen molar-refractivity contribution in [3.63, 3.8) is 0 Å². The zero-order valence-electron chi connectivity index (χ0n) is 30.3. The highest BCUT2D eigenvalue weighted by Gasteiger charge is 2.30. The van der Waals surface area contributed by atoms with E-state index in [9.17, 15) is 16.8 Å². The molecule has 6 rings (SSSR count). The van der Waals surface area contributed by atoms with Gasteiger partial charge in [-0.2, -0.15) is 0 Å². The molecular formula is C44H46N4O4S2. The summed E-state index contributed by atoms with van der Waals surface area (Å²) in [6.45, 7) is 4.34. The van der Waals surface area contributed by atoms with Crippen molar-refractivity contribution in [1.82, 2.24) is 20.1 Å². The van der Waals surface area contributed by atoms with Crippen molar-refractivity contribution in [1.29, 1.82) is 0 Å². The lowest BCUT2D eigenvalue weighted by atomic mass is 9.92. The van der Waals surface area contributed by atoms with Crippen LogP contribution in [-0.4, -0.2) is 29.9 Å². The molecule has 0 bridgehead atoms. The Balaban J connectivity index is 1.33. The third kappa shape index (κ3) is 10.2. The lowest BCUT2D eigenvalue weighted by Gasteiger charge is -2.33. The minimum atomic E-state index is -3.87. The molecule has 0 aliphatic heterocycles. The molecule has 0 heterocycles. The van der Waals surface area contributed by atoms with Crippen LogP contribution >= 0.6 is 0 Å². The lowest BCUT2D eigenvalue weighted by Crippen LogP contribution is -2.43. The number of hydrogen-bond donors (Lipinski definition) is 4. The molecule has 0 unspecified atom stereocenters. The third-order valence-electron chi connectivity index (χ3n) is 9.40.